The van der Waals surface area contributed by atoms with Gasteiger partial charge in [-0.25, -0.2) is 14.4 Å². The SMILES string of the molecule is OC(COc1ccc(F)cc1)CN(c1ncnc2scc(-c3ccccc3)c12)C1CCNCC1. The standard InChI is InChI=1S/C26H27FN4O2S/c27-19-6-8-22(9-7-19)33-15-21(32)14-31(20-10-12-28-13-11-20)25-24-23(18-4-2-1-3-5-18)16-34-26(24)30-17-29-25/h1-9,16-17,20-21,28,32H,10-15H2. The summed E-state index contributed by atoms with van der Waals surface area (Å²) in [6, 6.07) is 16.3. The van der Waals surface area contributed by atoms with Crippen LogP contribution in [-0.2, 0) is 0 Å². The molecule has 34 heavy (non-hydrogen) atoms. The van der Waals surface area contributed by atoms with Crippen molar-refractivity contribution in [2.24, 2.45) is 0 Å². The van der Waals surface area contributed by atoms with E-state index in [4.69, 9.17) is 9.72 Å². The number of hydrogen-bond donors (Lipinski definition) is 2. The Labute approximate surface area is 202 Å². The molecule has 2 N–H and O–H groups in total. The minimum Gasteiger partial charge on any atom is -0.491 e. The van der Waals surface area contributed by atoms with E-state index >= 15 is 0 Å². The number of piperidine rings is 1. The minimum absolute atomic E-state index is 0.108. The second-order valence-electron chi connectivity index (χ2n) is 8.45. The molecule has 1 saturated heterocycles. The van der Waals surface area contributed by atoms with E-state index in [0.717, 1.165) is 53.1 Å². The van der Waals surface area contributed by atoms with Crippen LogP contribution in [0.25, 0.3) is 21.3 Å². The van der Waals surface area contributed by atoms with Crippen LogP contribution in [0.4, 0.5) is 10.2 Å². The number of fused-ring (bicyclic) bond motifs is 1. The van der Waals surface area contributed by atoms with Gasteiger partial charge in [-0.1, -0.05) is 30.3 Å². The van der Waals surface area contributed by atoms with Crippen molar-refractivity contribution in [1.29, 1.82) is 0 Å². The Hall–Kier alpha value is -3.07. The molecule has 176 valence electrons. The molecule has 0 radical (unpaired) electrons. The van der Waals surface area contributed by atoms with Gasteiger partial charge in [0.1, 0.15) is 41.3 Å². The first-order valence-corrected chi connectivity index (χ1v) is 12.4. The van der Waals surface area contributed by atoms with Gasteiger partial charge in [0.05, 0.1) is 5.39 Å². The predicted octanol–water partition coefficient (Wildman–Crippen LogP) is 4.50. The fraction of sp³-hybridized carbons (Fsp3) is 0.308. The van der Waals surface area contributed by atoms with Gasteiger partial charge in [-0.2, -0.15) is 0 Å². The first-order chi connectivity index (χ1) is 16.7. The highest BCUT2D eigenvalue weighted by Crippen LogP contribution is 2.39. The van der Waals surface area contributed by atoms with Crippen LogP contribution >= 0.6 is 11.3 Å². The molecule has 4 aromatic rings. The molecule has 5 rings (SSSR count). The van der Waals surface area contributed by atoms with E-state index in [-0.39, 0.29) is 18.5 Å². The molecule has 0 amide bonds. The van der Waals surface area contributed by atoms with E-state index in [9.17, 15) is 9.50 Å². The Balaban J connectivity index is 1.45. The summed E-state index contributed by atoms with van der Waals surface area (Å²) < 4.78 is 18.9. The molecule has 1 unspecified atom stereocenters. The molecular weight excluding hydrogens is 451 g/mol. The molecular formula is C26H27FN4O2S. The summed E-state index contributed by atoms with van der Waals surface area (Å²) in [4.78, 5) is 12.4. The number of hydrogen-bond acceptors (Lipinski definition) is 7. The van der Waals surface area contributed by atoms with Crippen LogP contribution in [-0.4, -0.2) is 53.5 Å². The Kier molecular flexibility index (Phi) is 6.99. The fourth-order valence-electron chi connectivity index (χ4n) is 4.44. The van der Waals surface area contributed by atoms with Crippen LogP contribution in [0.3, 0.4) is 0 Å². The zero-order valence-electron chi connectivity index (χ0n) is 18.7. The number of anilines is 1. The highest BCUT2D eigenvalue weighted by atomic mass is 32.1. The maximum atomic E-state index is 13.2. The average molecular weight is 479 g/mol. The lowest BCUT2D eigenvalue weighted by Gasteiger charge is -2.37. The molecule has 1 aliphatic rings. The lowest BCUT2D eigenvalue weighted by molar-refractivity contribution is 0.109. The Morgan fingerprint density at radius 1 is 1.09 bits per heavy atom. The number of rotatable bonds is 8. The quantitative estimate of drug-likeness (QED) is 0.389. The van der Waals surface area contributed by atoms with Crippen LogP contribution in [0.15, 0.2) is 66.3 Å². The highest BCUT2D eigenvalue weighted by Gasteiger charge is 2.27. The number of ether oxygens (including phenoxy) is 1. The van der Waals surface area contributed by atoms with Crippen molar-refractivity contribution < 1.29 is 14.2 Å². The van der Waals surface area contributed by atoms with E-state index in [1.54, 1.807) is 29.8 Å². The largest absolute Gasteiger partial charge is 0.491 e. The normalized spacial score (nSPS) is 15.4. The topological polar surface area (TPSA) is 70.5 Å². The monoisotopic (exact) mass is 478 g/mol. The molecule has 3 heterocycles. The van der Waals surface area contributed by atoms with Crippen molar-refractivity contribution in [2.45, 2.75) is 25.0 Å². The molecule has 0 spiro atoms. The number of benzene rings is 2. The van der Waals surface area contributed by atoms with Crippen LogP contribution in [0, 0.1) is 5.82 Å². The van der Waals surface area contributed by atoms with Gasteiger partial charge in [0.2, 0.25) is 0 Å². The first kappa shape index (κ1) is 22.7. The van der Waals surface area contributed by atoms with Gasteiger partial charge in [0.25, 0.3) is 0 Å². The molecule has 6 nitrogen and oxygen atoms in total. The van der Waals surface area contributed by atoms with Gasteiger partial charge in [-0.3, -0.25) is 0 Å². The summed E-state index contributed by atoms with van der Waals surface area (Å²) in [5.41, 5.74) is 2.22. The molecule has 0 saturated carbocycles. The van der Waals surface area contributed by atoms with Gasteiger partial charge in [0.15, 0.2) is 0 Å². The average Bonchev–Trinajstić information content (AvgIpc) is 3.33. The van der Waals surface area contributed by atoms with E-state index in [0.29, 0.717) is 12.3 Å². The van der Waals surface area contributed by atoms with Crippen LogP contribution < -0.4 is 15.0 Å². The van der Waals surface area contributed by atoms with Gasteiger partial charge < -0.3 is 20.1 Å². The number of nitrogens with one attached hydrogen (secondary N) is 1. The number of aliphatic hydroxyl groups excluding tert-OH is 1. The van der Waals surface area contributed by atoms with E-state index in [1.165, 1.54) is 12.1 Å². The Morgan fingerprint density at radius 3 is 2.62 bits per heavy atom. The molecule has 8 heteroatoms. The molecule has 0 aliphatic carbocycles. The van der Waals surface area contributed by atoms with E-state index in [1.807, 2.05) is 18.2 Å². The summed E-state index contributed by atoms with van der Waals surface area (Å²) in [6.45, 7) is 2.33. The Morgan fingerprint density at radius 2 is 1.85 bits per heavy atom. The second kappa shape index (κ2) is 10.5. The maximum absolute atomic E-state index is 13.2. The third kappa shape index (κ3) is 5.04. The van der Waals surface area contributed by atoms with Gasteiger partial charge in [-0.15, -0.1) is 11.3 Å². The van der Waals surface area contributed by atoms with Gasteiger partial charge >= 0.3 is 0 Å². The van der Waals surface area contributed by atoms with Crippen LogP contribution in [0.2, 0.25) is 0 Å². The summed E-state index contributed by atoms with van der Waals surface area (Å²) in [6.07, 6.45) is 2.78. The fourth-order valence-corrected chi connectivity index (χ4v) is 5.35. The van der Waals surface area contributed by atoms with Crippen molar-refractivity contribution >= 4 is 27.4 Å². The van der Waals surface area contributed by atoms with Crippen molar-refractivity contribution in [3.63, 3.8) is 0 Å². The second-order valence-corrected chi connectivity index (χ2v) is 9.30. The highest BCUT2D eigenvalue weighted by molar-refractivity contribution is 7.17. The number of thiophene rings is 1. The maximum Gasteiger partial charge on any atom is 0.141 e. The van der Waals surface area contributed by atoms with E-state index in [2.05, 4.69) is 32.7 Å². The lowest BCUT2D eigenvalue weighted by Crippen LogP contribution is -2.47. The van der Waals surface area contributed by atoms with Gasteiger partial charge in [0, 0.05) is 23.5 Å². The molecule has 1 fully saturated rings. The van der Waals surface area contributed by atoms with E-state index < -0.39 is 6.10 Å². The molecule has 1 aliphatic heterocycles. The van der Waals surface area contributed by atoms with Crippen LogP contribution in [0.1, 0.15) is 12.8 Å². The summed E-state index contributed by atoms with van der Waals surface area (Å²) in [5.74, 6) is 1.06. The third-order valence-electron chi connectivity index (χ3n) is 6.12. The molecule has 2 aromatic heterocycles. The molecule has 2 aromatic carbocycles. The van der Waals surface area contributed by atoms with Crippen molar-refractivity contribution in [3.05, 3.63) is 72.1 Å². The number of aromatic nitrogens is 2. The number of aliphatic hydroxyl groups is 1. The summed E-state index contributed by atoms with van der Waals surface area (Å²) >= 11 is 1.61. The zero-order valence-corrected chi connectivity index (χ0v) is 19.5. The third-order valence-corrected chi connectivity index (χ3v) is 7.01. The predicted molar refractivity (Wildman–Crippen MR) is 134 cm³/mol. The van der Waals surface area contributed by atoms with Crippen molar-refractivity contribution in [2.75, 3.05) is 31.1 Å². The summed E-state index contributed by atoms with van der Waals surface area (Å²) in [7, 11) is 0. The van der Waals surface area contributed by atoms with Gasteiger partial charge in [-0.05, 0) is 55.8 Å². The molecule has 1 atom stereocenters. The van der Waals surface area contributed by atoms with Crippen molar-refractivity contribution in [1.82, 2.24) is 15.3 Å². The first-order valence-electron chi connectivity index (χ1n) is 11.5. The smallest absolute Gasteiger partial charge is 0.141 e. The minimum atomic E-state index is -0.747. The number of nitrogens with zero attached hydrogens (tertiary/aromatic N) is 3. The molecule has 0 bridgehead atoms. The van der Waals surface area contributed by atoms with Crippen LogP contribution in [0.5, 0.6) is 5.75 Å². The number of halogens is 1. The zero-order chi connectivity index (χ0) is 23.3. The van der Waals surface area contributed by atoms with Crippen molar-refractivity contribution in [3.8, 4) is 16.9 Å². The summed E-state index contributed by atoms with van der Waals surface area (Å²) in [5, 5.41) is 17.5. The lowest BCUT2D eigenvalue weighted by atomic mass is 10.0. The Bertz CT molecular complexity index is 1210.